The number of amides is 4. The fraction of sp³-hybridized carbons (Fsp3) is 0.829. The number of carbonyl (C=O) groups is 4. The fourth-order valence-corrected chi connectivity index (χ4v) is 4.07. The second kappa shape index (κ2) is 19.6. The van der Waals surface area contributed by atoms with Gasteiger partial charge in [-0.3, -0.25) is 0 Å². The molecule has 0 aromatic heterocycles. The third-order valence-electron chi connectivity index (χ3n) is 6.01. The van der Waals surface area contributed by atoms with Crippen molar-refractivity contribution in [2.75, 3.05) is 52.4 Å². The summed E-state index contributed by atoms with van der Waals surface area (Å²) in [6, 6.07) is 0. The first kappa shape index (κ1) is 43.8. The zero-order chi connectivity index (χ0) is 36.6. The van der Waals surface area contributed by atoms with Crippen molar-refractivity contribution in [3.63, 3.8) is 0 Å². The predicted octanol–water partition coefficient (Wildman–Crippen LogP) is 7.70. The number of hydrogen-bond donors (Lipinski definition) is 0. The van der Waals surface area contributed by atoms with E-state index in [4.69, 9.17) is 18.9 Å². The van der Waals surface area contributed by atoms with Gasteiger partial charge in [0.2, 0.25) is 0 Å². The molecule has 0 rings (SSSR count). The molecule has 0 heterocycles. The highest BCUT2D eigenvalue weighted by atomic mass is 16.6. The highest BCUT2D eigenvalue weighted by Crippen LogP contribution is 2.15. The van der Waals surface area contributed by atoms with Crippen LogP contribution >= 0.6 is 0 Å². The zero-order valence-electron chi connectivity index (χ0n) is 32.0. The molecule has 0 bridgehead atoms. The van der Waals surface area contributed by atoms with E-state index in [0.29, 0.717) is 52.1 Å². The molecule has 47 heavy (non-hydrogen) atoms. The monoisotopic (exact) mass is 670 g/mol. The lowest BCUT2D eigenvalue weighted by Gasteiger charge is -2.29. The zero-order valence-corrected chi connectivity index (χ0v) is 32.0. The van der Waals surface area contributed by atoms with Crippen LogP contribution in [0.5, 0.6) is 0 Å². The first-order chi connectivity index (χ1) is 21.4. The molecule has 0 unspecified atom stereocenters. The standard InChI is InChI=1S/C35H66N4O8/c1-15-21-37(29(41)45-33(6,7)8)25-20-27-39(31(43)47-35(12,13)14)23-18-17-22-38(30(42)46-34(9,10)11)26-19-24-36(16-2)28(40)44-32(3,4)5/h17-18H,15-16,19-27H2,1-14H3. The van der Waals surface area contributed by atoms with Crippen LogP contribution in [0.3, 0.4) is 0 Å². The van der Waals surface area contributed by atoms with Crippen LogP contribution in [0.4, 0.5) is 19.2 Å². The minimum Gasteiger partial charge on any atom is -0.444 e. The maximum Gasteiger partial charge on any atom is 0.410 e. The van der Waals surface area contributed by atoms with Gasteiger partial charge >= 0.3 is 24.4 Å². The van der Waals surface area contributed by atoms with Crippen LogP contribution in [0.25, 0.3) is 0 Å². The van der Waals surface area contributed by atoms with Crippen molar-refractivity contribution in [1.29, 1.82) is 0 Å². The average Bonchev–Trinajstić information content (AvgIpc) is 2.86. The quantitative estimate of drug-likeness (QED) is 0.129. The molecule has 0 N–H and O–H groups in total. The van der Waals surface area contributed by atoms with Crippen molar-refractivity contribution in [3.8, 4) is 0 Å². The van der Waals surface area contributed by atoms with Crippen molar-refractivity contribution in [1.82, 2.24) is 19.6 Å². The maximum atomic E-state index is 13.1. The third-order valence-corrected chi connectivity index (χ3v) is 6.01. The smallest absolute Gasteiger partial charge is 0.410 e. The summed E-state index contributed by atoms with van der Waals surface area (Å²) in [5, 5.41) is 0. The molecule has 0 radical (unpaired) electrons. The highest BCUT2D eigenvalue weighted by Gasteiger charge is 2.26. The summed E-state index contributed by atoms with van der Waals surface area (Å²) in [5.74, 6) is 0. The van der Waals surface area contributed by atoms with Crippen molar-refractivity contribution < 1.29 is 38.1 Å². The largest absolute Gasteiger partial charge is 0.444 e. The van der Waals surface area contributed by atoms with E-state index in [9.17, 15) is 19.2 Å². The number of carbonyl (C=O) groups excluding carboxylic acids is 4. The number of ether oxygens (including phenoxy) is 4. The molecule has 0 saturated carbocycles. The van der Waals surface area contributed by atoms with Crippen molar-refractivity contribution in [2.45, 2.75) is 139 Å². The molecule has 0 fully saturated rings. The van der Waals surface area contributed by atoms with Gasteiger partial charge in [0.05, 0.1) is 0 Å². The summed E-state index contributed by atoms with van der Waals surface area (Å²) in [6.45, 7) is 28.8. The summed E-state index contributed by atoms with van der Waals surface area (Å²) in [5.41, 5.74) is -2.55. The van der Waals surface area contributed by atoms with Gasteiger partial charge < -0.3 is 38.5 Å². The van der Waals surface area contributed by atoms with E-state index in [0.717, 1.165) is 6.42 Å². The van der Waals surface area contributed by atoms with Crippen LogP contribution in [0.15, 0.2) is 12.2 Å². The molecule has 0 aromatic rings. The van der Waals surface area contributed by atoms with Crippen molar-refractivity contribution >= 4 is 24.4 Å². The van der Waals surface area contributed by atoms with E-state index in [-0.39, 0.29) is 19.2 Å². The van der Waals surface area contributed by atoms with Crippen LogP contribution in [-0.4, -0.2) is 119 Å². The Labute approximate surface area is 285 Å². The van der Waals surface area contributed by atoms with Gasteiger partial charge in [0.15, 0.2) is 0 Å². The molecule has 0 aliphatic rings. The molecular weight excluding hydrogens is 604 g/mol. The number of hydrogen-bond acceptors (Lipinski definition) is 8. The van der Waals surface area contributed by atoms with Crippen LogP contribution in [0.2, 0.25) is 0 Å². The Morgan fingerprint density at radius 2 is 0.723 bits per heavy atom. The van der Waals surface area contributed by atoms with E-state index < -0.39 is 40.7 Å². The van der Waals surface area contributed by atoms with Gasteiger partial charge in [0.25, 0.3) is 0 Å². The normalized spacial score (nSPS) is 12.4. The Kier molecular flexibility index (Phi) is 18.3. The molecule has 0 spiro atoms. The Balaban J connectivity index is 5.60. The second-order valence-corrected chi connectivity index (χ2v) is 15.6. The van der Waals surface area contributed by atoms with Gasteiger partial charge in [-0.05, 0) is 109 Å². The lowest BCUT2D eigenvalue weighted by atomic mass is 10.2. The van der Waals surface area contributed by atoms with Gasteiger partial charge in [-0.1, -0.05) is 19.1 Å². The molecule has 0 aromatic carbocycles. The molecule has 0 saturated heterocycles. The Bertz CT molecular complexity index is 1000. The van der Waals surface area contributed by atoms with Gasteiger partial charge in [-0.25, -0.2) is 19.2 Å². The van der Waals surface area contributed by atoms with Crippen LogP contribution in [0.1, 0.15) is 116 Å². The first-order valence-electron chi connectivity index (χ1n) is 16.9. The molecule has 4 amide bonds. The van der Waals surface area contributed by atoms with Gasteiger partial charge in [-0.2, -0.15) is 0 Å². The minimum atomic E-state index is -0.678. The Morgan fingerprint density at radius 3 is 1.02 bits per heavy atom. The van der Waals surface area contributed by atoms with Crippen LogP contribution < -0.4 is 0 Å². The minimum absolute atomic E-state index is 0.249. The van der Waals surface area contributed by atoms with Crippen LogP contribution in [-0.2, 0) is 18.9 Å². The molecule has 274 valence electrons. The van der Waals surface area contributed by atoms with E-state index in [1.165, 1.54) is 0 Å². The van der Waals surface area contributed by atoms with Crippen molar-refractivity contribution in [2.24, 2.45) is 0 Å². The summed E-state index contributed by atoms with van der Waals surface area (Å²) >= 11 is 0. The molecular formula is C35H66N4O8. The molecule has 12 nitrogen and oxygen atoms in total. The number of nitrogens with zero attached hydrogens (tertiary/aromatic N) is 4. The number of rotatable bonds is 15. The molecule has 0 aliphatic heterocycles. The van der Waals surface area contributed by atoms with E-state index in [1.807, 2.05) is 109 Å². The van der Waals surface area contributed by atoms with Gasteiger partial charge in [0.1, 0.15) is 22.4 Å². The topological polar surface area (TPSA) is 118 Å². The predicted molar refractivity (Wildman–Crippen MR) is 186 cm³/mol. The summed E-state index contributed by atoms with van der Waals surface area (Å²) < 4.78 is 22.3. The summed E-state index contributed by atoms with van der Waals surface area (Å²) in [6.07, 6.45) is 3.76. The van der Waals surface area contributed by atoms with Gasteiger partial charge in [-0.15, -0.1) is 0 Å². The molecule has 0 atom stereocenters. The average molecular weight is 671 g/mol. The Hall–Kier alpha value is -3.18. The summed E-state index contributed by atoms with van der Waals surface area (Å²) in [4.78, 5) is 57.8. The fourth-order valence-electron chi connectivity index (χ4n) is 4.07. The molecule has 12 heteroatoms. The van der Waals surface area contributed by atoms with Gasteiger partial charge in [0, 0.05) is 52.4 Å². The Morgan fingerprint density at radius 1 is 0.447 bits per heavy atom. The van der Waals surface area contributed by atoms with E-state index in [1.54, 1.807) is 19.6 Å². The third kappa shape index (κ3) is 22.1. The first-order valence-corrected chi connectivity index (χ1v) is 16.9. The SMILES string of the molecule is CCCN(CCCN(CC=CCN(CCCN(CC)C(=O)OC(C)(C)C)C(=O)OC(C)(C)C)C(=O)OC(C)(C)C)C(=O)OC(C)(C)C. The lowest BCUT2D eigenvalue weighted by molar-refractivity contribution is 0.0196. The molecule has 0 aliphatic carbocycles. The van der Waals surface area contributed by atoms with Crippen molar-refractivity contribution in [3.05, 3.63) is 12.2 Å². The maximum absolute atomic E-state index is 13.1. The highest BCUT2D eigenvalue weighted by molar-refractivity contribution is 5.70. The van der Waals surface area contributed by atoms with Crippen LogP contribution in [0, 0.1) is 0 Å². The summed E-state index contributed by atoms with van der Waals surface area (Å²) in [7, 11) is 0. The lowest BCUT2D eigenvalue weighted by Crippen LogP contribution is -2.41. The second-order valence-electron chi connectivity index (χ2n) is 15.6. The van der Waals surface area contributed by atoms with E-state index >= 15 is 0 Å². The van der Waals surface area contributed by atoms with E-state index in [2.05, 4.69) is 0 Å².